The van der Waals surface area contributed by atoms with Crippen LogP contribution in [0.2, 0.25) is 0 Å². The number of nitrogens with zero attached hydrogens (tertiary/aromatic N) is 2. The molecule has 1 saturated heterocycles. The Balaban J connectivity index is 2.13. The van der Waals surface area contributed by atoms with Crippen LogP contribution >= 0.6 is 15.9 Å². The SMILES string of the molecule is O=C(c1ncc(Br)cc1F)N1CCC(F)(F)CC1. The molecule has 0 atom stereocenters. The summed E-state index contributed by atoms with van der Waals surface area (Å²) in [7, 11) is 0. The van der Waals surface area contributed by atoms with Crippen molar-refractivity contribution in [2.45, 2.75) is 18.8 Å². The highest BCUT2D eigenvalue weighted by Crippen LogP contribution is 2.28. The first-order valence-electron chi connectivity index (χ1n) is 5.37. The van der Waals surface area contributed by atoms with E-state index in [2.05, 4.69) is 20.9 Å². The van der Waals surface area contributed by atoms with Crippen LogP contribution in [0.4, 0.5) is 13.2 Å². The summed E-state index contributed by atoms with van der Waals surface area (Å²) in [5.41, 5.74) is -0.330. The molecule has 1 amide bonds. The second-order valence-electron chi connectivity index (χ2n) is 4.13. The van der Waals surface area contributed by atoms with E-state index in [4.69, 9.17) is 0 Å². The van der Waals surface area contributed by atoms with Gasteiger partial charge in [0.25, 0.3) is 11.8 Å². The summed E-state index contributed by atoms with van der Waals surface area (Å²) in [4.78, 5) is 16.8. The number of carbonyl (C=O) groups is 1. The molecule has 0 aromatic carbocycles. The first-order valence-corrected chi connectivity index (χ1v) is 6.16. The van der Waals surface area contributed by atoms with Crippen LogP contribution in [0.1, 0.15) is 23.3 Å². The van der Waals surface area contributed by atoms with Gasteiger partial charge in [0.2, 0.25) is 0 Å². The largest absolute Gasteiger partial charge is 0.337 e. The number of hydrogen-bond acceptors (Lipinski definition) is 2. The van der Waals surface area contributed by atoms with E-state index >= 15 is 0 Å². The molecule has 2 rings (SSSR count). The quantitative estimate of drug-likeness (QED) is 0.796. The molecule has 2 heterocycles. The fourth-order valence-electron chi connectivity index (χ4n) is 1.76. The maximum atomic E-state index is 13.5. The first kappa shape index (κ1) is 13.3. The molecule has 3 nitrogen and oxygen atoms in total. The average Bonchev–Trinajstić information content (AvgIpc) is 2.28. The summed E-state index contributed by atoms with van der Waals surface area (Å²) in [6.45, 7) is -0.161. The van der Waals surface area contributed by atoms with E-state index in [9.17, 15) is 18.0 Å². The fraction of sp³-hybridized carbons (Fsp3) is 0.455. The lowest BCUT2D eigenvalue weighted by molar-refractivity contribution is -0.0495. The smallest absolute Gasteiger partial charge is 0.275 e. The van der Waals surface area contributed by atoms with Gasteiger partial charge in [-0.3, -0.25) is 4.79 Å². The van der Waals surface area contributed by atoms with E-state index in [1.54, 1.807) is 0 Å². The number of amides is 1. The molecular formula is C11H10BrF3N2O. The zero-order valence-electron chi connectivity index (χ0n) is 9.30. The van der Waals surface area contributed by atoms with Crippen LogP contribution < -0.4 is 0 Å². The number of aromatic nitrogens is 1. The standard InChI is InChI=1S/C11H10BrF3N2O/c12-7-5-8(13)9(16-6-7)10(18)17-3-1-11(14,15)2-4-17/h5-6H,1-4H2. The molecule has 0 saturated carbocycles. The molecule has 0 radical (unpaired) electrons. The van der Waals surface area contributed by atoms with Crippen molar-refractivity contribution >= 4 is 21.8 Å². The Morgan fingerprint density at radius 2 is 2.00 bits per heavy atom. The number of halogens is 4. The van der Waals surface area contributed by atoms with Gasteiger partial charge in [0.1, 0.15) is 0 Å². The van der Waals surface area contributed by atoms with E-state index in [-0.39, 0.29) is 18.8 Å². The highest BCUT2D eigenvalue weighted by molar-refractivity contribution is 9.10. The van der Waals surface area contributed by atoms with Crippen LogP contribution in [-0.2, 0) is 0 Å². The molecule has 0 unspecified atom stereocenters. The number of piperidine rings is 1. The van der Waals surface area contributed by atoms with Crippen molar-refractivity contribution < 1.29 is 18.0 Å². The van der Waals surface area contributed by atoms with Gasteiger partial charge in [0, 0.05) is 36.6 Å². The number of hydrogen-bond donors (Lipinski definition) is 0. The van der Waals surface area contributed by atoms with Crippen molar-refractivity contribution in [3.05, 3.63) is 28.2 Å². The Bertz CT molecular complexity index is 471. The molecule has 7 heteroatoms. The zero-order valence-corrected chi connectivity index (χ0v) is 10.9. The van der Waals surface area contributed by atoms with E-state index < -0.39 is 30.5 Å². The summed E-state index contributed by atoms with van der Waals surface area (Å²) >= 11 is 3.03. The Labute approximate surface area is 110 Å². The fourth-order valence-corrected chi connectivity index (χ4v) is 2.06. The predicted octanol–water partition coefficient (Wildman–Crippen LogP) is 2.85. The van der Waals surface area contributed by atoms with Gasteiger partial charge in [-0.2, -0.15) is 0 Å². The van der Waals surface area contributed by atoms with Gasteiger partial charge >= 0.3 is 0 Å². The average molecular weight is 323 g/mol. The zero-order chi connectivity index (χ0) is 13.3. The Morgan fingerprint density at radius 3 is 2.56 bits per heavy atom. The summed E-state index contributed by atoms with van der Waals surface area (Å²) in [6.07, 6.45) is 0.517. The number of rotatable bonds is 1. The Morgan fingerprint density at radius 1 is 1.39 bits per heavy atom. The molecule has 1 fully saturated rings. The Hall–Kier alpha value is -1.11. The lowest BCUT2D eigenvalue weighted by Gasteiger charge is -2.31. The minimum absolute atomic E-state index is 0.0803. The minimum atomic E-state index is -2.73. The number of carbonyl (C=O) groups excluding carboxylic acids is 1. The Kier molecular flexibility index (Phi) is 3.61. The molecular weight excluding hydrogens is 313 g/mol. The van der Waals surface area contributed by atoms with E-state index in [1.165, 1.54) is 11.1 Å². The number of alkyl halides is 2. The summed E-state index contributed by atoms with van der Waals surface area (Å²) in [5, 5.41) is 0. The lowest BCUT2D eigenvalue weighted by Crippen LogP contribution is -2.43. The molecule has 0 aliphatic carbocycles. The van der Waals surface area contributed by atoms with Crippen LogP contribution in [0, 0.1) is 5.82 Å². The van der Waals surface area contributed by atoms with Crippen molar-refractivity contribution in [2.75, 3.05) is 13.1 Å². The minimum Gasteiger partial charge on any atom is -0.337 e. The van der Waals surface area contributed by atoms with Crippen LogP contribution in [0.25, 0.3) is 0 Å². The molecule has 0 bridgehead atoms. The van der Waals surface area contributed by atoms with Crippen molar-refractivity contribution in [3.8, 4) is 0 Å². The van der Waals surface area contributed by atoms with Crippen LogP contribution in [-0.4, -0.2) is 34.8 Å². The third kappa shape index (κ3) is 2.82. The number of likely N-dealkylation sites (tertiary alicyclic amines) is 1. The van der Waals surface area contributed by atoms with E-state index in [0.29, 0.717) is 4.47 Å². The number of pyridine rings is 1. The molecule has 0 spiro atoms. The van der Waals surface area contributed by atoms with Crippen molar-refractivity contribution in [2.24, 2.45) is 0 Å². The maximum absolute atomic E-state index is 13.5. The molecule has 1 aliphatic heterocycles. The molecule has 98 valence electrons. The van der Waals surface area contributed by atoms with Gasteiger partial charge in [-0.1, -0.05) is 0 Å². The summed E-state index contributed by atoms with van der Waals surface area (Å²) < 4.78 is 39.8. The highest BCUT2D eigenvalue weighted by Gasteiger charge is 2.36. The molecule has 1 aromatic heterocycles. The lowest BCUT2D eigenvalue weighted by atomic mass is 10.1. The third-order valence-electron chi connectivity index (χ3n) is 2.79. The molecule has 1 aliphatic rings. The monoisotopic (exact) mass is 322 g/mol. The second-order valence-corrected chi connectivity index (χ2v) is 5.05. The van der Waals surface area contributed by atoms with Crippen LogP contribution in [0.15, 0.2) is 16.7 Å². The summed E-state index contributed by atoms with van der Waals surface area (Å²) in [6, 6.07) is 1.12. The van der Waals surface area contributed by atoms with Crippen molar-refractivity contribution in [1.82, 2.24) is 9.88 Å². The van der Waals surface area contributed by atoms with Gasteiger partial charge in [-0.15, -0.1) is 0 Å². The van der Waals surface area contributed by atoms with E-state index in [0.717, 1.165) is 6.07 Å². The van der Waals surface area contributed by atoms with Crippen molar-refractivity contribution in [1.29, 1.82) is 0 Å². The maximum Gasteiger partial charge on any atom is 0.275 e. The molecule has 1 aromatic rings. The third-order valence-corrected chi connectivity index (χ3v) is 3.23. The van der Waals surface area contributed by atoms with Gasteiger partial charge in [0.15, 0.2) is 11.5 Å². The molecule has 0 N–H and O–H groups in total. The predicted molar refractivity (Wildman–Crippen MR) is 62.0 cm³/mol. The van der Waals surface area contributed by atoms with Crippen molar-refractivity contribution in [3.63, 3.8) is 0 Å². The van der Waals surface area contributed by atoms with Gasteiger partial charge in [-0.05, 0) is 22.0 Å². The second kappa shape index (κ2) is 4.87. The van der Waals surface area contributed by atoms with Gasteiger partial charge in [-0.25, -0.2) is 18.2 Å². The van der Waals surface area contributed by atoms with Gasteiger partial charge in [0.05, 0.1) is 0 Å². The topological polar surface area (TPSA) is 33.2 Å². The van der Waals surface area contributed by atoms with Gasteiger partial charge < -0.3 is 4.90 Å². The first-order chi connectivity index (χ1) is 8.39. The van der Waals surface area contributed by atoms with Crippen LogP contribution in [0.3, 0.4) is 0 Å². The molecule has 18 heavy (non-hydrogen) atoms. The highest BCUT2D eigenvalue weighted by atomic mass is 79.9. The van der Waals surface area contributed by atoms with E-state index in [1.807, 2.05) is 0 Å². The van der Waals surface area contributed by atoms with Crippen LogP contribution in [0.5, 0.6) is 0 Å². The summed E-state index contributed by atoms with van der Waals surface area (Å²) in [5.74, 6) is -4.13. The normalized spacial score (nSPS) is 18.8.